The molecule has 3 heterocycles. The number of hydrogen-bond acceptors (Lipinski definition) is 8. The molecule has 13 nitrogen and oxygen atoms in total. The number of ketones is 1. The van der Waals surface area contributed by atoms with Gasteiger partial charge >= 0.3 is 5.97 Å². The van der Waals surface area contributed by atoms with E-state index in [-0.39, 0.29) is 37.7 Å². The van der Waals surface area contributed by atoms with Gasteiger partial charge in [-0.2, -0.15) is 0 Å². The zero-order valence-electron chi connectivity index (χ0n) is 37.2. The molecule has 0 saturated carbocycles. The highest BCUT2D eigenvalue weighted by Crippen LogP contribution is 2.23. The zero-order chi connectivity index (χ0) is 47.8. The van der Waals surface area contributed by atoms with Crippen molar-refractivity contribution in [3.63, 3.8) is 0 Å². The summed E-state index contributed by atoms with van der Waals surface area (Å²) in [6.07, 6.45) is 2.71. The minimum Gasteiger partial charge on any atom is -0.484 e. The fourth-order valence-electron chi connectivity index (χ4n) is 8.08. The Balaban J connectivity index is 1.23. The van der Waals surface area contributed by atoms with Crippen molar-refractivity contribution in [2.45, 2.75) is 69.1 Å². The number of hydrogen-bond donors (Lipinski definition) is 5. The van der Waals surface area contributed by atoms with Crippen molar-refractivity contribution in [3.8, 4) is 16.9 Å². The smallest absolute Gasteiger partial charge is 0.326 e. The molecule has 2 aliphatic heterocycles. The molecule has 348 valence electrons. The summed E-state index contributed by atoms with van der Waals surface area (Å²) in [5.74, 6) is -6.15. The first-order valence-electron chi connectivity index (χ1n) is 22.5. The zero-order valence-corrected chi connectivity index (χ0v) is 37.2. The molecule has 68 heavy (non-hydrogen) atoms. The maximum Gasteiger partial charge on any atom is 0.326 e. The Morgan fingerprint density at radius 2 is 1.24 bits per heavy atom. The number of nitrogens with zero attached hydrogens (tertiary/aromatic N) is 1. The number of carboxylic acids is 1. The molecular formula is C54H52FN5O8. The monoisotopic (exact) mass is 917 g/mol. The predicted octanol–water partition coefficient (Wildman–Crippen LogP) is 5.78. The minimum absolute atomic E-state index is 0.0295. The molecule has 0 radical (unpaired) electrons. The highest BCUT2D eigenvalue weighted by Gasteiger charge is 2.34. The number of halogens is 1. The van der Waals surface area contributed by atoms with Crippen LogP contribution in [0.4, 0.5) is 4.39 Å². The lowest BCUT2D eigenvalue weighted by atomic mass is 9.89. The van der Waals surface area contributed by atoms with Crippen LogP contribution in [0.2, 0.25) is 0 Å². The van der Waals surface area contributed by atoms with Gasteiger partial charge in [-0.3, -0.25) is 29.0 Å². The number of aromatic nitrogens is 1. The Morgan fingerprint density at radius 3 is 1.90 bits per heavy atom. The largest absolute Gasteiger partial charge is 0.484 e. The lowest BCUT2D eigenvalue weighted by molar-refractivity contribution is -0.143. The summed E-state index contributed by atoms with van der Waals surface area (Å²) in [6.45, 7) is -0.464. The van der Waals surface area contributed by atoms with Crippen molar-refractivity contribution < 1.29 is 43.0 Å². The summed E-state index contributed by atoms with van der Waals surface area (Å²) in [4.78, 5) is 88.1. The third-order valence-electron chi connectivity index (χ3n) is 11.8. The van der Waals surface area contributed by atoms with Gasteiger partial charge in [0, 0.05) is 44.0 Å². The van der Waals surface area contributed by atoms with Crippen LogP contribution in [-0.4, -0.2) is 76.2 Å². The van der Waals surface area contributed by atoms with E-state index >= 15 is 4.39 Å². The van der Waals surface area contributed by atoms with Gasteiger partial charge in [-0.1, -0.05) is 115 Å². The van der Waals surface area contributed by atoms with Gasteiger partial charge in [-0.05, 0) is 88.5 Å². The first kappa shape index (κ1) is 47.9. The third kappa shape index (κ3) is 13.8. The maximum atomic E-state index is 15.4. The molecule has 0 spiro atoms. The van der Waals surface area contributed by atoms with Crippen LogP contribution in [0, 0.1) is 11.7 Å². The Morgan fingerprint density at radius 1 is 0.647 bits per heavy atom. The second-order valence-electron chi connectivity index (χ2n) is 16.8. The van der Waals surface area contributed by atoms with Gasteiger partial charge in [0.2, 0.25) is 17.7 Å². The van der Waals surface area contributed by atoms with E-state index in [2.05, 4.69) is 26.3 Å². The summed E-state index contributed by atoms with van der Waals surface area (Å²) >= 11 is 0. The first-order valence-corrected chi connectivity index (χ1v) is 22.5. The topological polar surface area (TPSA) is 193 Å². The summed E-state index contributed by atoms with van der Waals surface area (Å²) < 4.78 is 21.2. The van der Waals surface area contributed by atoms with E-state index < -0.39 is 84.3 Å². The van der Waals surface area contributed by atoms with Crippen LogP contribution in [0.3, 0.4) is 0 Å². The van der Waals surface area contributed by atoms with Crippen molar-refractivity contribution in [1.82, 2.24) is 26.3 Å². The van der Waals surface area contributed by atoms with Gasteiger partial charge in [0.25, 0.3) is 5.91 Å². The average Bonchev–Trinajstić information content (AvgIpc) is 3.35. The van der Waals surface area contributed by atoms with Gasteiger partial charge in [0.15, 0.2) is 12.4 Å². The molecule has 2 aliphatic rings. The number of nitrogens with one attached hydrogen (secondary N) is 4. The quantitative estimate of drug-likeness (QED) is 0.0894. The van der Waals surface area contributed by atoms with Crippen molar-refractivity contribution in [1.29, 1.82) is 0 Å². The second-order valence-corrected chi connectivity index (χ2v) is 16.8. The van der Waals surface area contributed by atoms with E-state index in [1.807, 2.05) is 84.9 Å². The minimum atomic E-state index is -1.41. The van der Waals surface area contributed by atoms with Crippen molar-refractivity contribution >= 4 is 35.4 Å². The Kier molecular flexibility index (Phi) is 16.5. The second kappa shape index (κ2) is 23.4. The molecule has 5 aromatic carbocycles. The number of carbonyl (C=O) groups excluding carboxylic acids is 5. The van der Waals surface area contributed by atoms with Gasteiger partial charge in [0.1, 0.15) is 29.7 Å². The van der Waals surface area contributed by atoms with Crippen LogP contribution in [0.1, 0.15) is 40.7 Å². The van der Waals surface area contributed by atoms with Crippen LogP contribution >= 0.6 is 0 Å². The number of amides is 4. The molecule has 5 atom stereocenters. The molecule has 2 bridgehead atoms. The number of carbonyl (C=O) groups is 6. The van der Waals surface area contributed by atoms with Crippen LogP contribution in [0.25, 0.3) is 11.1 Å². The van der Waals surface area contributed by atoms with Crippen LogP contribution in [-0.2, 0) is 60.9 Å². The molecule has 6 aromatic rings. The molecule has 5 N–H and O–H groups in total. The number of pyridine rings is 1. The lowest BCUT2D eigenvalue weighted by Crippen LogP contribution is -2.57. The van der Waals surface area contributed by atoms with Crippen LogP contribution in [0.5, 0.6) is 5.75 Å². The highest BCUT2D eigenvalue weighted by atomic mass is 19.1. The SMILES string of the molecule is O=C1COc2ccc(cc2)C[C@@H](C(=O)N[C@H](CCc2ccccc2)C(=O)O)CC(=O)[C@H](Cc2ccccc2F)NC(=O)[C@@H](Cc2ccc(-c3ccccc3)cc2)NC(=O)[C@H](Cc2ccncc2)N1. The molecule has 14 heteroatoms. The van der Waals surface area contributed by atoms with E-state index in [0.717, 1.165) is 16.7 Å². The molecule has 4 amide bonds. The van der Waals surface area contributed by atoms with Crippen molar-refractivity contribution in [3.05, 3.63) is 192 Å². The molecule has 0 fully saturated rings. The number of fused-ring (bicyclic) bond motifs is 16. The Hall–Kier alpha value is -8.00. The van der Waals surface area contributed by atoms with Crippen molar-refractivity contribution in [2.75, 3.05) is 6.61 Å². The average molecular weight is 918 g/mol. The van der Waals surface area contributed by atoms with E-state index in [9.17, 15) is 33.9 Å². The number of benzene rings is 5. The summed E-state index contributed by atoms with van der Waals surface area (Å²) in [5, 5.41) is 21.2. The van der Waals surface area contributed by atoms with Crippen molar-refractivity contribution in [2.24, 2.45) is 5.92 Å². The number of Topliss-reactive ketones (excluding diaryl/α,β-unsaturated/α-hetero) is 1. The van der Waals surface area contributed by atoms with E-state index in [1.165, 1.54) is 18.2 Å². The lowest BCUT2D eigenvalue weighted by Gasteiger charge is -2.27. The molecule has 0 unspecified atom stereocenters. The summed E-state index contributed by atoms with van der Waals surface area (Å²) in [5.41, 5.74) is 4.80. The fourth-order valence-corrected chi connectivity index (χ4v) is 8.08. The number of ether oxygens (including phenoxy) is 1. The third-order valence-corrected chi connectivity index (χ3v) is 11.8. The molecule has 0 aliphatic carbocycles. The van der Waals surface area contributed by atoms with Gasteiger partial charge in [0.05, 0.1) is 6.04 Å². The summed E-state index contributed by atoms with van der Waals surface area (Å²) in [6, 6.07) is 36.8. The number of aryl methyl sites for hydroxylation is 1. The first-order chi connectivity index (χ1) is 33.0. The standard InChI is InChI=1S/C54H52FN5O8/c55-44-14-8-7-13-41(44)32-46-49(61)33-42(51(63)58-45(54(66)67)24-19-35-9-3-1-4-10-35)29-36-17-22-43(23-18-36)68-34-50(62)57-47(31-38-25-27-56-28-26-38)52(64)60-48(53(65)59-46)30-37-15-20-40(21-16-37)39-11-5-2-6-12-39/h1-18,20-23,25-28,42,45-48H,19,24,29-34H2,(H,57,62)(H,58,63)(H,59,65)(H,60,64)(H,66,67)/t42-,45-,46+,47+,48-/m1/s1. The van der Waals surface area contributed by atoms with E-state index in [1.54, 1.807) is 54.9 Å². The van der Waals surface area contributed by atoms with E-state index in [4.69, 9.17) is 4.74 Å². The normalized spacial score (nSPS) is 18.6. The van der Waals surface area contributed by atoms with Gasteiger partial charge in [-0.15, -0.1) is 0 Å². The molecular weight excluding hydrogens is 866 g/mol. The van der Waals surface area contributed by atoms with E-state index in [0.29, 0.717) is 28.9 Å². The Bertz CT molecular complexity index is 2670. The highest BCUT2D eigenvalue weighted by molar-refractivity contribution is 5.97. The maximum absolute atomic E-state index is 15.4. The van der Waals surface area contributed by atoms with Crippen LogP contribution in [0.15, 0.2) is 158 Å². The molecule has 1 aromatic heterocycles. The Labute approximate surface area is 393 Å². The molecule has 0 saturated heterocycles. The predicted molar refractivity (Wildman–Crippen MR) is 253 cm³/mol. The number of aliphatic carboxylic acids is 1. The van der Waals surface area contributed by atoms with Gasteiger partial charge in [-0.25, -0.2) is 9.18 Å². The number of rotatable bonds is 13. The number of carboxylic acid groups (broad SMARTS) is 1. The summed E-state index contributed by atoms with van der Waals surface area (Å²) in [7, 11) is 0. The van der Waals surface area contributed by atoms with Gasteiger partial charge < -0.3 is 31.1 Å². The molecule has 8 rings (SSSR count). The fraction of sp³-hybridized carbons (Fsp3) is 0.241. The van der Waals surface area contributed by atoms with Crippen LogP contribution < -0.4 is 26.0 Å².